The standard InChI is InChI=1S/C9H11NO2S/c1-3-10(13(2,11)12)9-7-5-4-6-8-9/h3-8H,1H2,2H3. The van der Waals surface area contributed by atoms with Crippen LogP contribution in [-0.4, -0.2) is 14.7 Å². The normalized spacial score (nSPS) is 10.8. The van der Waals surface area contributed by atoms with Crippen LogP contribution in [0.2, 0.25) is 0 Å². The van der Waals surface area contributed by atoms with Crippen LogP contribution in [0.1, 0.15) is 0 Å². The molecule has 0 saturated heterocycles. The van der Waals surface area contributed by atoms with Gasteiger partial charge in [-0.25, -0.2) is 12.7 Å². The molecule has 0 bridgehead atoms. The Bertz CT molecular complexity index is 383. The number of sulfonamides is 1. The molecule has 0 heterocycles. The van der Waals surface area contributed by atoms with Crippen molar-refractivity contribution >= 4 is 15.7 Å². The van der Waals surface area contributed by atoms with Gasteiger partial charge in [-0.2, -0.15) is 0 Å². The van der Waals surface area contributed by atoms with Crippen molar-refractivity contribution in [2.45, 2.75) is 0 Å². The van der Waals surface area contributed by atoms with E-state index >= 15 is 0 Å². The van der Waals surface area contributed by atoms with Gasteiger partial charge in [0, 0.05) is 6.20 Å². The zero-order valence-corrected chi connectivity index (χ0v) is 8.16. The monoisotopic (exact) mass is 197 g/mol. The van der Waals surface area contributed by atoms with Crippen molar-refractivity contribution in [3.8, 4) is 0 Å². The summed E-state index contributed by atoms with van der Waals surface area (Å²) in [6.45, 7) is 3.45. The van der Waals surface area contributed by atoms with E-state index in [4.69, 9.17) is 0 Å². The molecular formula is C9H11NO2S. The fraction of sp³-hybridized carbons (Fsp3) is 0.111. The van der Waals surface area contributed by atoms with Crippen molar-refractivity contribution in [1.82, 2.24) is 0 Å². The molecule has 0 N–H and O–H groups in total. The number of nitrogens with zero attached hydrogens (tertiary/aromatic N) is 1. The third-order valence-electron chi connectivity index (χ3n) is 1.53. The maximum atomic E-state index is 11.2. The molecule has 0 atom stereocenters. The molecular weight excluding hydrogens is 186 g/mol. The van der Waals surface area contributed by atoms with Gasteiger partial charge in [-0.3, -0.25) is 0 Å². The van der Waals surface area contributed by atoms with Gasteiger partial charge in [0.2, 0.25) is 10.0 Å². The summed E-state index contributed by atoms with van der Waals surface area (Å²) >= 11 is 0. The van der Waals surface area contributed by atoms with Gasteiger partial charge in [-0.15, -0.1) is 0 Å². The van der Waals surface area contributed by atoms with Gasteiger partial charge >= 0.3 is 0 Å². The second kappa shape index (κ2) is 3.62. The number of para-hydroxylation sites is 1. The van der Waals surface area contributed by atoms with Crippen LogP contribution in [0.15, 0.2) is 43.1 Å². The maximum Gasteiger partial charge on any atom is 0.236 e. The molecule has 0 aliphatic carbocycles. The lowest BCUT2D eigenvalue weighted by molar-refractivity contribution is 0.601. The zero-order valence-electron chi connectivity index (χ0n) is 7.34. The Balaban J connectivity index is 3.13. The summed E-state index contributed by atoms with van der Waals surface area (Å²) < 4.78 is 23.6. The first kappa shape index (κ1) is 9.80. The van der Waals surface area contributed by atoms with Crippen LogP contribution < -0.4 is 4.31 Å². The average molecular weight is 197 g/mol. The fourth-order valence-electron chi connectivity index (χ4n) is 1.01. The summed E-state index contributed by atoms with van der Waals surface area (Å²) in [6, 6.07) is 8.80. The maximum absolute atomic E-state index is 11.2. The fourth-order valence-corrected chi connectivity index (χ4v) is 1.78. The van der Waals surface area contributed by atoms with E-state index in [1.54, 1.807) is 24.3 Å². The van der Waals surface area contributed by atoms with Crippen LogP contribution in [0.5, 0.6) is 0 Å². The van der Waals surface area contributed by atoms with E-state index in [1.807, 2.05) is 6.07 Å². The van der Waals surface area contributed by atoms with E-state index in [2.05, 4.69) is 6.58 Å². The highest BCUT2D eigenvalue weighted by atomic mass is 32.2. The molecule has 0 spiro atoms. The molecule has 0 radical (unpaired) electrons. The van der Waals surface area contributed by atoms with Crippen LogP contribution in [0.25, 0.3) is 0 Å². The third-order valence-corrected chi connectivity index (χ3v) is 2.61. The summed E-state index contributed by atoms with van der Waals surface area (Å²) in [5.74, 6) is 0. The minimum Gasteiger partial charge on any atom is -0.247 e. The molecule has 3 nitrogen and oxygen atoms in total. The first-order valence-corrected chi connectivity index (χ1v) is 5.57. The van der Waals surface area contributed by atoms with E-state index in [0.29, 0.717) is 5.69 Å². The molecule has 13 heavy (non-hydrogen) atoms. The predicted octanol–water partition coefficient (Wildman–Crippen LogP) is 1.60. The van der Waals surface area contributed by atoms with Gasteiger partial charge in [0.1, 0.15) is 0 Å². The number of benzene rings is 1. The van der Waals surface area contributed by atoms with Crippen LogP contribution in [-0.2, 0) is 10.0 Å². The Morgan fingerprint density at radius 3 is 2.23 bits per heavy atom. The van der Waals surface area contributed by atoms with E-state index in [9.17, 15) is 8.42 Å². The Labute approximate surface area is 78.4 Å². The molecule has 4 heteroatoms. The molecule has 0 aromatic heterocycles. The second-order valence-electron chi connectivity index (χ2n) is 2.58. The Hall–Kier alpha value is -1.29. The summed E-state index contributed by atoms with van der Waals surface area (Å²) in [5.41, 5.74) is 0.597. The first-order chi connectivity index (χ1) is 6.05. The summed E-state index contributed by atoms with van der Waals surface area (Å²) in [6.07, 6.45) is 2.42. The molecule has 0 saturated carbocycles. The first-order valence-electron chi connectivity index (χ1n) is 3.72. The van der Waals surface area contributed by atoms with Gasteiger partial charge in [-0.1, -0.05) is 24.8 Å². The zero-order chi connectivity index (χ0) is 9.90. The van der Waals surface area contributed by atoms with E-state index in [0.717, 1.165) is 10.6 Å². The molecule has 0 aliphatic heterocycles. The van der Waals surface area contributed by atoms with Crippen molar-refractivity contribution in [3.05, 3.63) is 43.1 Å². The summed E-state index contributed by atoms with van der Waals surface area (Å²) in [7, 11) is -3.25. The van der Waals surface area contributed by atoms with E-state index in [-0.39, 0.29) is 0 Å². The number of hydrogen-bond acceptors (Lipinski definition) is 2. The van der Waals surface area contributed by atoms with Gasteiger partial charge in [0.25, 0.3) is 0 Å². The molecule has 0 amide bonds. The minimum absolute atomic E-state index is 0.597. The van der Waals surface area contributed by atoms with Gasteiger partial charge in [-0.05, 0) is 12.1 Å². The van der Waals surface area contributed by atoms with Crippen molar-refractivity contribution in [3.63, 3.8) is 0 Å². The van der Waals surface area contributed by atoms with Gasteiger partial charge in [0.15, 0.2) is 0 Å². The SMILES string of the molecule is C=CN(c1ccccc1)S(C)(=O)=O. The molecule has 0 aliphatic rings. The molecule has 0 fully saturated rings. The lowest BCUT2D eigenvalue weighted by Gasteiger charge is -2.16. The Kier molecular flexibility index (Phi) is 2.72. The van der Waals surface area contributed by atoms with Crippen LogP contribution >= 0.6 is 0 Å². The molecule has 0 unspecified atom stereocenters. The molecule has 1 aromatic carbocycles. The second-order valence-corrected chi connectivity index (χ2v) is 4.44. The number of rotatable bonds is 3. The van der Waals surface area contributed by atoms with Gasteiger partial charge in [0.05, 0.1) is 11.9 Å². The summed E-state index contributed by atoms with van der Waals surface area (Å²) in [4.78, 5) is 0. The lowest BCUT2D eigenvalue weighted by atomic mass is 10.3. The van der Waals surface area contributed by atoms with Crippen molar-refractivity contribution in [1.29, 1.82) is 0 Å². The largest absolute Gasteiger partial charge is 0.247 e. The Morgan fingerprint density at radius 2 is 1.85 bits per heavy atom. The Morgan fingerprint density at radius 1 is 1.31 bits per heavy atom. The van der Waals surface area contributed by atoms with E-state index < -0.39 is 10.0 Å². The van der Waals surface area contributed by atoms with Crippen LogP contribution in [0.3, 0.4) is 0 Å². The number of hydrogen-bond donors (Lipinski definition) is 0. The smallest absolute Gasteiger partial charge is 0.236 e. The van der Waals surface area contributed by atoms with Crippen molar-refractivity contribution < 1.29 is 8.42 Å². The molecule has 70 valence electrons. The quantitative estimate of drug-likeness (QED) is 0.738. The van der Waals surface area contributed by atoms with Crippen molar-refractivity contribution in [2.75, 3.05) is 10.6 Å². The minimum atomic E-state index is -3.25. The molecule has 1 rings (SSSR count). The topological polar surface area (TPSA) is 37.4 Å². The predicted molar refractivity (Wildman–Crippen MR) is 54.0 cm³/mol. The lowest BCUT2D eigenvalue weighted by Crippen LogP contribution is -2.23. The average Bonchev–Trinajstić information content (AvgIpc) is 2.05. The van der Waals surface area contributed by atoms with Crippen molar-refractivity contribution in [2.24, 2.45) is 0 Å². The molecule has 1 aromatic rings. The van der Waals surface area contributed by atoms with Crippen LogP contribution in [0.4, 0.5) is 5.69 Å². The highest BCUT2D eigenvalue weighted by molar-refractivity contribution is 7.92. The number of anilines is 1. The van der Waals surface area contributed by atoms with Gasteiger partial charge < -0.3 is 0 Å². The highest BCUT2D eigenvalue weighted by Crippen LogP contribution is 2.16. The van der Waals surface area contributed by atoms with Crippen LogP contribution in [0, 0.1) is 0 Å². The van der Waals surface area contributed by atoms with E-state index in [1.165, 1.54) is 6.20 Å². The third kappa shape index (κ3) is 2.32. The highest BCUT2D eigenvalue weighted by Gasteiger charge is 2.12. The summed E-state index contributed by atoms with van der Waals surface area (Å²) in [5, 5.41) is 0.